The van der Waals surface area contributed by atoms with Gasteiger partial charge in [0.25, 0.3) is 0 Å². The minimum Gasteiger partial charge on any atom is -0.480 e. The highest BCUT2D eigenvalue weighted by Crippen LogP contribution is 2.41. The van der Waals surface area contributed by atoms with E-state index in [1.165, 1.54) is 4.90 Å². The zero-order valence-corrected chi connectivity index (χ0v) is 14.4. The fourth-order valence-corrected chi connectivity index (χ4v) is 3.72. The van der Waals surface area contributed by atoms with Crippen molar-refractivity contribution in [2.45, 2.75) is 57.3 Å². The zero-order chi connectivity index (χ0) is 18.0. The van der Waals surface area contributed by atoms with Crippen LogP contribution in [0.15, 0.2) is 30.3 Å². The summed E-state index contributed by atoms with van der Waals surface area (Å²) in [5.41, 5.74) is -0.154. The third-order valence-electron chi connectivity index (χ3n) is 4.62. The monoisotopic (exact) mass is 349 g/mol. The van der Waals surface area contributed by atoms with Crippen molar-refractivity contribution in [2.24, 2.45) is 0 Å². The van der Waals surface area contributed by atoms with Gasteiger partial charge in [0.2, 0.25) is 0 Å². The fraction of sp³-hybridized carbons (Fsp3) is 0.556. The van der Waals surface area contributed by atoms with Crippen LogP contribution in [0, 0.1) is 0 Å². The Balaban J connectivity index is 1.79. The van der Waals surface area contributed by atoms with E-state index in [9.17, 15) is 14.7 Å². The number of carbonyl (C=O) groups is 2. The molecular formula is C18H23NO6. The Morgan fingerprint density at radius 1 is 1.24 bits per heavy atom. The number of benzene rings is 1. The maximum atomic E-state index is 12.7. The molecule has 0 aromatic heterocycles. The number of ether oxygens (including phenoxy) is 3. The molecule has 7 heteroatoms. The molecule has 136 valence electrons. The molecule has 1 aromatic rings. The highest BCUT2D eigenvalue weighted by Gasteiger charge is 2.56. The van der Waals surface area contributed by atoms with Crippen LogP contribution in [0.5, 0.6) is 0 Å². The summed E-state index contributed by atoms with van der Waals surface area (Å²) in [4.78, 5) is 25.6. The predicted octanol–water partition coefficient (Wildman–Crippen LogP) is 2.39. The SMILES string of the molecule is C[C@@H]1CC2(C[C@H](C)O1)OCC(C(=O)O)N2C(=O)OCc1ccccc1. The van der Waals surface area contributed by atoms with Gasteiger partial charge in [-0.25, -0.2) is 9.59 Å². The Hall–Kier alpha value is -2.12. The molecule has 2 unspecified atom stereocenters. The summed E-state index contributed by atoms with van der Waals surface area (Å²) in [6.45, 7) is 3.82. The number of carbonyl (C=O) groups excluding carboxylic acids is 1. The quantitative estimate of drug-likeness (QED) is 0.902. The molecule has 2 saturated heterocycles. The molecule has 1 spiro atoms. The second-order valence-electron chi connectivity index (χ2n) is 6.69. The summed E-state index contributed by atoms with van der Waals surface area (Å²) < 4.78 is 17.0. The van der Waals surface area contributed by atoms with Crippen LogP contribution < -0.4 is 0 Å². The standard InChI is InChI=1S/C18H23NO6/c1-12-8-18(9-13(2)25-12)19(15(11-24-18)16(20)21)17(22)23-10-14-6-4-3-5-7-14/h3-7,12-13,15H,8-11H2,1-2H3,(H,20,21)/t12-,13+,15?,18?. The van der Waals surface area contributed by atoms with Gasteiger partial charge in [-0.3, -0.25) is 4.90 Å². The highest BCUT2D eigenvalue weighted by atomic mass is 16.6. The Kier molecular flexibility index (Phi) is 4.96. The van der Waals surface area contributed by atoms with E-state index in [2.05, 4.69) is 0 Å². The first kappa shape index (κ1) is 17.7. The van der Waals surface area contributed by atoms with E-state index in [1.54, 1.807) is 0 Å². The molecule has 0 saturated carbocycles. The third-order valence-corrected chi connectivity index (χ3v) is 4.62. The number of hydrogen-bond donors (Lipinski definition) is 1. The van der Waals surface area contributed by atoms with Crippen LogP contribution in [-0.2, 0) is 25.6 Å². The van der Waals surface area contributed by atoms with Gasteiger partial charge in [-0.05, 0) is 19.4 Å². The molecule has 0 bridgehead atoms. The van der Waals surface area contributed by atoms with Gasteiger partial charge >= 0.3 is 12.1 Å². The maximum absolute atomic E-state index is 12.7. The van der Waals surface area contributed by atoms with Crippen LogP contribution in [0.4, 0.5) is 4.79 Å². The van der Waals surface area contributed by atoms with Gasteiger partial charge < -0.3 is 19.3 Å². The van der Waals surface area contributed by atoms with Crippen molar-refractivity contribution in [3.05, 3.63) is 35.9 Å². The Morgan fingerprint density at radius 3 is 2.48 bits per heavy atom. The lowest BCUT2D eigenvalue weighted by Crippen LogP contribution is -2.58. The number of rotatable bonds is 3. The molecule has 1 aromatic carbocycles. The molecule has 2 heterocycles. The number of aliphatic carboxylic acids is 1. The molecule has 1 N–H and O–H groups in total. The van der Waals surface area contributed by atoms with Crippen molar-refractivity contribution in [1.29, 1.82) is 0 Å². The molecule has 7 nitrogen and oxygen atoms in total. The van der Waals surface area contributed by atoms with Gasteiger partial charge in [0, 0.05) is 12.8 Å². The topological polar surface area (TPSA) is 85.3 Å². The van der Waals surface area contributed by atoms with Crippen LogP contribution in [-0.4, -0.2) is 52.7 Å². The normalized spacial score (nSPS) is 31.9. The van der Waals surface area contributed by atoms with Crippen LogP contribution in [0.1, 0.15) is 32.3 Å². The first-order chi connectivity index (χ1) is 11.9. The Bertz CT molecular complexity index is 624. The van der Waals surface area contributed by atoms with Crippen LogP contribution >= 0.6 is 0 Å². The van der Waals surface area contributed by atoms with Crippen molar-refractivity contribution in [2.75, 3.05) is 6.61 Å². The molecule has 3 rings (SSSR count). The first-order valence-electron chi connectivity index (χ1n) is 8.43. The highest BCUT2D eigenvalue weighted by molar-refractivity contribution is 5.81. The maximum Gasteiger partial charge on any atom is 0.413 e. The average Bonchev–Trinajstić information content (AvgIpc) is 2.91. The second kappa shape index (κ2) is 7.01. The number of carboxylic acid groups (broad SMARTS) is 1. The minimum atomic E-state index is -1.10. The summed E-state index contributed by atoms with van der Waals surface area (Å²) in [7, 11) is 0. The van der Waals surface area contributed by atoms with Gasteiger partial charge in [-0.2, -0.15) is 0 Å². The van der Waals surface area contributed by atoms with Gasteiger partial charge in [0.05, 0.1) is 18.8 Å². The van der Waals surface area contributed by atoms with Gasteiger partial charge in [0.15, 0.2) is 11.8 Å². The number of carboxylic acids is 1. The lowest BCUT2D eigenvalue weighted by Gasteiger charge is -2.44. The van der Waals surface area contributed by atoms with Gasteiger partial charge in [-0.15, -0.1) is 0 Å². The first-order valence-corrected chi connectivity index (χ1v) is 8.43. The van der Waals surface area contributed by atoms with Gasteiger partial charge in [-0.1, -0.05) is 30.3 Å². The van der Waals surface area contributed by atoms with E-state index in [1.807, 2.05) is 44.2 Å². The molecule has 2 aliphatic rings. The van der Waals surface area contributed by atoms with Gasteiger partial charge in [0.1, 0.15) is 6.61 Å². The molecule has 0 radical (unpaired) electrons. The molecular weight excluding hydrogens is 326 g/mol. The summed E-state index contributed by atoms with van der Waals surface area (Å²) in [5, 5.41) is 9.50. The van der Waals surface area contributed by atoms with Crippen molar-refractivity contribution in [3.63, 3.8) is 0 Å². The van der Waals surface area contributed by atoms with Crippen molar-refractivity contribution < 1.29 is 28.9 Å². The van der Waals surface area contributed by atoms with Crippen molar-refractivity contribution in [1.82, 2.24) is 4.90 Å². The zero-order valence-electron chi connectivity index (χ0n) is 14.4. The minimum absolute atomic E-state index is 0.0464. The van der Waals surface area contributed by atoms with E-state index < -0.39 is 23.8 Å². The molecule has 2 aliphatic heterocycles. The largest absolute Gasteiger partial charge is 0.480 e. The van der Waals surface area contributed by atoms with Crippen LogP contribution in [0.2, 0.25) is 0 Å². The lowest BCUT2D eigenvalue weighted by molar-refractivity contribution is -0.183. The Labute approximate surface area is 146 Å². The second-order valence-corrected chi connectivity index (χ2v) is 6.69. The summed E-state index contributed by atoms with van der Waals surface area (Å²) in [5.74, 6) is -1.10. The molecule has 1 amide bonds. The molecule has 2 fully saturated rings. The molecule has 4 atom stereocenters. The number of amides is 1. The summed E-state index contributed by atoms with van der Waals surface area (Å²) in [6, 6.07) is 8.21. The Morgan fingerprint density at radius 2 is 1.88 bits per heavy atom. The predicted molar refractivity (Wildman–Crippen MR) is 87.8 cm³/mol. The smallest absolute Gasteiger partial charge is 0.413 e. The van der Waals surface area contributed by atoms with Crippen molar-refractivity contribution >= 4 is 12.1 Å². The van der Waals surface area contributed by atoms with E-state index in [0.717, 1.165) is 5.56 Å². The van der Waals surface area contributed by atoms with Crippen LogP contribution in [0.25, 0.3) is 0 Å². The van der Waals surface area contributed by atoms with Crippen molar-refractivity contribution in [3.8, 4) is 0 Å². The van der Waals surface area contributed by atoms with Crippen LogP contribution in [0.3, 0.4) is 0 Å². The van der Waals surface area contributed by atoms with E-state index in [0.29, 0.717) is 12.8 Å². The number of nitrogens with zero attached hydrogens (tertiary/aromatic N) is 1. The van der Waals surface area contributed by atoms with E-state index >= 15 is 0 Å². The third kappa shape index (κ3) is 3.62. The fourth-order valence-electron chi connectivity index (χ4n) is 3.72. The number of hydrogen-bond acceptors (Lipinski definition) is 5. The average molecular weight is 349 g/mol. The van der Waals surface area contributed by atoms with E-state index in [-0.39, 0.29) is 25.4 Å². The molecule has 25 heavy (non-hydrogen) atoms. The van der Waals surface area contributed by atoms with E-state index in [4.69, 9.17) is 14.2 Å². The summed E-state index contributed by atoms with van der Waals surface area (Å²) in [6.07, 6.45) is -0.111. The summed E-state index contributed by atoms with van der Waals surface area (Å²) >= 11 is 0. The lowest BCUT2D eigenvalue weighted by atomic mass is 9.94. The molecule has 0 aliphatic carbocycles.